The van der Waals surface area contributed by atoms with Crippen molar-refractivity contribution in [1.82, 2.24) is 5.32 Å². The number of aldehydes is 1. The normalized spacial score (nSPS) is 15.4. The molecule has 1 amide bonds. The summed E-state index contributed by atoms with van der Waals surface area (Å²) in [6.07, 6.45) is 5.45. The van der Waals surface area contributed by atoms with Gasteiger partial charge in [-0.25, -0.2) is 9.38 Å². The van der Waals surface area contributed by atoms with Crippen LogP contribution in [0.15, 0.2) is 64.4 Å². The number of nitrogens with one attached hydrogen (secondary N) is 3. The van der Waals surface area contributed by atoms with Gasteiger partial charge in [-0.1, -0.05) is 0 Å². The number of halogens is 1. The number of hydrogen-bond acceptors (Lipinski definition) is 6. The number of carbonyl (C=O) groups is 2. The minimum absolute atomic E-state index is 0.193. The molecule has 29 heavy (non-hydrogen) atoms. The number of hydrogen-bond donors (Lipinski definition) is 3. The number of anilines is 2. The van der Waals surface area contributed by atoms with Gasteiger partial charge < -0.3 is 25.5 Å². The van der Waals surface area contributed by atoms with Gasteiger partial charge in [0.1, 0.15) is 30.3 Å². The predicted octanol–water partition coefficient (Wildman–Crippen LogP) is 3.31. The summed E-state index contributed by atoms with van der Waals surface area (Å²) in [5.74, 6) is 0.104. The number of benzene rings is 1. The lowest BCUT2D eigenvalue weighted by Gasteiger charge is -2.17. The molecule has 1 aliphatic rings. The summed E-state index contributed by atoms with van der Waals surface area (Å²) in [5, 5.41) is 8.68. The molecule has 3 N–H and O–H groups in total. The van der Waals surface area contributed by atoms with Gasteiger partial charge >= 0.3 is 0 Å². The Kier molecular flexibility index (Phi) is 8.78. The fourth-order valence-corrected chi connectivity index (χ4v) is 2.53. The van der Waals surface area contributed by atoms with Crippen molar-refractivity contribution in [2.75, 3.05) is 30.8 Å². The van der Waals surface area contributed by atoms with Crippen molar-refractivity contribution < 1.29 is 18.7 Å². The summed E-state index contributed by atoms with van der Waals surface area (Å²) < 4.78 is 20.1. The number of ether oxygens (including phenoxy) is 1. The largest absolute Gasteiger partial charge is 0.492 e. The molecule has 7 nitrogen and oxygen atoms in total. The minimum Gasteiger partial charge on any atom is -0.492 e. The van der Waals surface area contributed by atoms with E-state index in [1.54, 1.807) is 37.4 Å². The van der Waals surface area contributed by atoms with Gasteiger partial charge in [0, 0.05) is 42.2 Å². The molecule has 1 aromatic rings. The summed E-state index contributed by atoms with van der Waals surface area (Å²) in [7, 11) is 1.82. The van der Waals surface area contributed by atoms with Crippen LogP contribution in [0.5, 0.6) is 0 Å². The molecular formula is C21H25FN4O3. The fourth-order valence-electron chi connectivity index (χ4n) is 2.53. The van der Waals surface area contributed by atoms with Crippen molar-refractivity contribution in [3.8, 4) is 0 Å². The second-order valence-corrected chi connectivity index (χ2v) is 6.09. The Hall–Kier alpha value is -3.26. The Balaban J connectivity index is 2.11. The Bertz CT molecular complexity index is 842. The van der Waals surface area contributed by atoms with Gasteiger partial charge in [-0.3, -0.25) is 4.79 Å². The van der Waals surface area contributed by atoms with Crippen LogP contribution in [0.1, 0.15) is 19.8 Å². The molecule has 0 aromatic heterocycles. The molecule has 1 aliphatic carbocycles. The number of rotatable bonds is 10. The lowest BCUT2D eigenvalue weighted by molar-refractivity contribution is -0.119. The molecule has 0 fully saturated rings. The highest BCUT2D eigenvalue weighted by atomic mass is 19.1. The molecule has 8 heteroatoms. The van der Waals surface area contributed by atoms with Crippen LogP contribution in [0.2, 0.25) is 0 Å². The van der Waals surface area contributed by atoms with Crippen LogP contribution in [0, 0.1) is 0 Å². The first-order valence-electron chi connectivity index (χ1n) is 9.25. The van der Waals surface area contributed by atoms with E-state index in [0.717, 1.165) is 0 Å². The van der Waals surface area contributed by atoms with Gasteiger partial charge in [0.15, 0.2) is 0 Å². The van der Waals surface area contributed by atoms with Crippen LogP contribution >= 0.6 is 0 Å². The van der Waals surface area contributed by atoms with Gasteiger partial charge in [-0.2, -0.15) is 0 Å². The number of likely N-dealkylation sites (N-methyl/N-ethyl adjacent to an activating group) is 1. The lowest BCUT2D eigenvalue weighted by atomic mass is 10.1. The van der Waals surface area contributed by atoms with Crippen LogP contribution < -0.4 is 16.0 Å². The molecule has 0 saturated heterocycles. The highest BCUT2D eigenvalue weighted by molar-refractivity contribution is 5.98. The SMILES string of the molecule is C/C=N\C(Nc1ccc(NC(=O)CC=O)cc1)=C1/CC=C(OCCNC)C=C1F. The minimum atomic E-state index is -0.405. The molecule has 0 radical (unpaired) electrons. The van der Waals surface area contributed by atoms with E-state index in [2.05, 4.69) is 20.9 Å². The second-order valence-electron chi connectivity index (χ2n) is 6.09. The maximum Gasteiger partial charge on any atom is 0.231 e. The first-order chi connectivity index (χ1) is 14.1. The van der Waals surface area contributed by atoms with Crippen LogP contribution in [0.3, 0.4) is 0 Å². The van der Waals surface area contributed by atoms with Gasteiger partial charge in [0.25, 0.3) is 0 Å². The molecule has 0 atom stereocenters. The highest BCUT2D eigenvalue weighted by Crippen LogP contribution is 2.29. The van der Waals surface area contributed by atoms with Crippen molar-refractivity contribution >= 4 is 29.8 Å². The molecule has 1 aromatic carbocycles. The molecule has 2 rings (SSSR count). The van der Waals surface area contributed by atoms with Crippen molar-refractivity contribution in [2.45, 2.75) is 19.8 Å². The van der Waals surface area contributed by atoms with E-state index in [0.29, 0.717) is 54.4 Å². The third-order valence-electron chi connectivity index (χ3n) is 3.93. The van der Waals surface area contributed by atoms with E-state index in [-0.39, 0.29) is 12.3 Å². The standard InChI is InChI=1S/C21H25FN4O3/c1-3-24-21(18-9-8-17(14-19(18)22)29-13-11-23-2)26-16-6-4-15(5-7-16)25-20(28)10-12-27/h3-8,12,14,23,26H,9-11,13H2,1-2H3,(H,25,28)/b21-18-,24-3-. The molecule has 154 valence electrons. The summed E-state index contributed by atoms with van der Waals surface area (Å²) in [6.45, 7) is 2.88. The zero-order valence-electron chi connectivity index (χ0n) is 16.5. The number of allylic oxidation sites excluding steroid dienone is 4. The molecule has 0 bridgehead atoms. The lowest BCUT2D eigenvalue weighted by Crippen LogP contribution is -2.14. The third-order valence-corrected chi connectivity index (χ3v) is 3.93. The Morgan fingerprint density at radius 2 is 1.93 bits per heavy atom. The van der Waals surface area contributed by atoms with E-state index < -0.39 is 5.83 Å². The average Bonchev–Trinajstić information content (AvgIpc) is 2.70. The molecule has 0 spiro atoms. The molecule has 0 unspecified atom stereocenters. The van der Waals surface area contributed by atoms with Crippen LogP contribution in [0.25, 0.3) is 0 Å². The monoisotopic (exact) mass is 400 g/mol. The van der Waals surface area contributed by atoms with Gasteiger partial charge in [-0.05, 0) is 44.3 Å². The van der Waals surface area contributed by atoms with Crippen molar-refractivity contribution in [1.29, 1.82) is 0 Å². The van der Waals surface area contributed by atoms with Crippen LogP contribution in [-0.4, -0.2) is 38.6 Å². The molecule has 0 saturated carbocycles. The van der Waals surface area contributed by atoms with Gasteiger partial charge in [-0.15, -0.1) is 0 Å². The zero-order valence-corrected chi connectivity index (χ0v) is 16.5. The van der Waals surface area contributed by atoms with E-state index in [9.17, 15) is 14.0 Å². The van der Waals surface area contributed by atoms with Gasteiger partial charge in [0.2, 0.25) is 5.91 Å². The highest BCUT2D eigenvalue weighted by Gasteiger charge is 2.17. The smallest absolute Gasteiger partial charge is 0.231 e. The summed E-state index contributed by atoms with van der Waals surface area (Å²) in [6, 6.07) is 6.83. The number of amides is 1. The summed E-state index contributed by atoms with van der Waals surface area (Å²) in [5.41, 5.74) is 1.66. The summed E-state index contributed by atoms with van der Waals surface area (Å²) in [4.78, 5) is 26.1. The Morgan fingerprint density at radius 3 is 2.52 bits per heavy atom. The number of carbonyl (C=O) groups excluding carboxylic acids is 2. The van der Waals surface area contributed by atoms with E-state index >= 15 is 0 Å². The quantitative estimate of drug-likeness (QED) is 0.243. The van der Waals surface area contributed by atoms with Gasteiger partial charge in [0.05, 0.1) is 6.42 Å². The van der Waals surface area contributed by atoms with E-state index in [1.807, 2.05) is 13.1 Å². The van der Waals surface area contributed by atoms with Crippen molar-refractivity contribution in [2.24, 2.45) is 4.99 Å². The topological polar surface area (TPSA) is 91.8 Å². The maximum absolute atomic E-state index is 14.6. The Labute approximate surface area is 169 Å². The Morgan fingerprint density at radius 1 is 1.24 bits per heavy atom. The molecule has 0 aliphatic heterocycles. The van der Waals surface area contributed by atoms with Crippen molar-refractivity contribution in [3.63, 3.8) is 0 Å². The molecular weight excluding hydrogens is 375 g/mol. The first kappa shape index (κ1) is 22.0. The number of aliphatic imine (C=N–C) groups is 1. The maximum atomic E-state index is 14.6. The first-order valence-corrected chi connectivity index (χ1v) is 9.25. The van der Waals surface area contributed by atoms with Crippen LogP contribution in [0.4, 0.5) is 15.8 Å². The average molecular weight is 400 g/mol. The second kappa shape index (κ2) is 11.6. The van der Waals surface area contributed by atoms with Crippen LogP contribution in [-0.2, 0) is 14.3 Å². The fraction of sp³-hybridized carbons (Fsp3) is 0.286. The predicted molar refractivity (Wildman–Crippen MR) is 112 cm³/mol. The molecule has 0 heterocycles. The van der Waals surface area contributed by atoms with E-state index in [4.69, 9.17) is 4.74 Å². The zero-order chi connectivity index (χ0) is 21.1. The van der Waals surface area contributed by atoms with Crippen molar-refractivity contribution in [3.05, 3.63) is 59.4 Å². The van der Waals surface area contributed by atoms with E-state index in [1.165, 1.54) is 6.08 Å². The number of nitrogens with zero attached hydrogens (tertiary/aromatic N) is 1. The third kappa shape index (κ3) is 7.00. The summed E-state index contributed by atoms with van der Waals surface area (Å²) >= 11 is 0.